The van der Waals surface area contributed by atoms with E-state index in [0.29, 0.717) is 5.71 Å². The molecule has 0 fully saturated rings. The molecule has 1 aliphatic rings. The third kappa shape index (κ3) is 2.63. The summed E-state index contributed by atoms with van der Waals surface area (Å²) in [4.78, 5) is 0. The standard InChI is InChI=1S/C17H18N2O3/c1-21-13-7-3-11(4-8-13)15-17(20)16(19-18-15)12-5-9-14(22-2)10-6-12/h3-10,15,17-18,20H,1-2H3. The van der Waals surface area contributed by atoms with Gasteiger partial charge in [0, 0.05) is 5.56 Å². The summed E-state index contributed by atoms with van der Waals surface area (Å²) in [5.74, 6) is 1.56. The molecule has 3 rings (SSSR count). The highest BCUT2D eigenvalue weighted by Crippen LogP contribution is 2.27. The van der Waals surface area contributed by atoms with E-state index < -0.39 is 6.10 Å². The molecule has 1 aliphatic heterocycles. The van der Waals surface area contributed by atoms with Gasteiger partial charge in [-0.1, -0.05) is 12.1 Å². The average molecular weight is 298 g/mol. The molecule has 5 heteroatoms. The molecule has 22 heavy (non-hydrogen) atoms. The molecule has 0 bridgehead atoms. The number of aliphatic hydroxyl groups excluding tert-OH is 1. The fraction of sp³-hybridized carbons (Fsp3) is 0.235. The van der Waals surface area contributed by atoms with Gasteiger partial charge in [0.05, 0.1) is 19.9 Å². The van der Waals surface area contributed by atoms with Crippen LogP contribution in [0.15, 0.2) is 53.6 Å². The van der Waals surface area contributed by atoms with E-state index in [1.807, 2.05) is 48.5 Å². The van der Waals surface area contributed by atoms with Gasteiger partial charge in [0.2, 0.25) is 0 Å². The molecule has 2 aromatic rings. The Kier molecular flexibility index (Phi) is 3.98. The molecule has 0 radical (unpaired) electrons. The highest BCUT2D eigenvalue weighted by molar-refractivity contribution is 6.05. The number of aliphatic hydroxyl groups is 1. The lowest BCUT2D eigenvalue weighted by atomic mass is 9.96. The molecule has 2 atom stereocenters. The summed E-state index contributed by atoms with van der Waals surface area (Å²) in [7, 11) is 3.25. The largest absolute Gasteiger partial charge is 0.497 e. The third-order valence-electron chi connectivity index (χ3n) is 3.78. The first-order valence-corrected chi connectivity index (χ1v) is 7.02. The number of hydrazone groups is 1. The Morgan fingerprint density at radius 1 is 0.909 bits per heavy atom. The Bertz CT molecular complexity index is 665. The van der Waals surface area contributed by atoms with Gasteiger partial charge in [-0.2, -0.15) is 5.10 Å². The topological polar surface area (TPSA) is 63.1 Å². The molecule has 0 spiro atoms. The fourth-order valence-corrected chi connectivity index (χ4v) is 2.50. The van der Waals surface area contributed by atoms with E-state index in [0.717, 1.165) is 22.6 Å². The van der Waals surface area contributed by atoms with Crippen LogP contribution in [0.25, 0.3) is 0 Å². The van der Waals surface area contributed by atoms with Crippen molar-refractivity contribution in [1.82, 2.24) is 5.43 Å². The Labute approximate surface area is 129 Å². The van der Waals surface area contributed by atoms with Crippen LogP contribution in [0, 0.1) is 0 Å². The maximum Gasteiger partial charge on any atom is 0.124 e. The highest BCUT2D eigenvalue weighted by Gasteiger charge is 2.31. The van der Waals surface area contributed by atoms with Crippen molar-refractivity contribution in [3.05, 3.63) is 59.7 Å². The van der Waals surface area contributed by atoms with E-state index in [-0.39, 0.29) is 6.04 Å². The van der Waals surface area contributed by atoms with E-state index in [4.69, 9.17) is 9.47 Å². The zero-order valence-electron chi connectivity index (χ0n) is 12.5. The van der Waals surface area contributed by atoms with Gasteiger partial charge < -0.3 is 14.6 Å². The summed E-state index contributed by atoms with van der Waals surface area (Å²) < 4.78 is 10.3. The molecule has 0 aliphatic carbocycles. The Morgan fingerprint density at radius 3 is 2.00 bits per heavy atom. The number of rotatable bonds is 4. The second-order valence-electron chi connectivity index (χ2n) is 5.05. The van der Waals surface area contributed by atoms with Gasteiger partial charge in [0.25, 0.3) is 0 Å². The molecule has 0 amide bonds. The third-order valence-corrected chi connectivity index (χ3v) is 3.78. The van der Waals surface area contributed by atoms with Crippen LogP contribution in [0.5, 0.6) is 11.5 Å². The molecular weight excluding hydrogens is 280 g/mol. The van der Waals surface area contributed by atoms with Crippen LogP contribution >= 0.6 is 0 Å². The number of nitrogens with one attached hydrogen (secondary N) is 1. The monoisotopic (exact) mass is 298 g/mol. The molecular formula is C17H18N2O3. The Balaban J connectivity index is 1.79. The van der Waals surface area contributed by atoms with Crippen molar-refractivity contribution in [3.63, 3.8) is 0 Å². The summed E-state index contributed by atoms with van der Waals surface area (Å²) in [5, 5.41) is 14.8. The van der Waals surface area contributed by atoms with Gasteiger partial charge in [-0.25, -0.2) is 0 Å². The molecule has 1 heterocycles. The summed E-state index contributed by atoms with van der Waals surface area (Å²) in [6.07, 6.45) is -0.707. The van der Waals surface area contributed by atoms with Gasteiger partial charge in [-0.05, 0) is 42.0 Å². The van der Waals surface area contributed by atoms with Crippen molar-refractivity contribution in [2.75, 3.05) is 14.2 Å². The fourth-order valence-electron chi connectivity index (χ4n) is 2.50. The zero-order chi connectivity index (χ0) is 15.5. The van der Waals surface area contributed by atoms with Crippen molar-refractivity contribution in [1.29, 1.82) is 0 Å². The minimum absolute atomic E-state index is 0.261. The van der Waals surface area contributed by atoms with Gasteiger partial charge in [-0.15, -0.1) is 0 Å². The van der Waals surface area contributed by atoms with E-state index in [2.05, 4.69) is 10.5 Å². The quantitative estimate of drug-likeness (QED) is 0.907. The van der Waals surface area contributed by atoms with Crippen LogP contribution in [0.1, 0.15) is 17.2 Å². The highest BCUT2D eigenvalue weighted by atomic mass is 16.5. The average Bonchev–Trinajstić information content (AvgIpc) is 2.96. The summed E-state index contributed by atoms with van der Waals surface area (Å²) >= 11 is 0. The predicted molar refractivity (Wildman–Crippen MR) is 84.4 cm³/mol. The van der Waals surface area contributed by atoms with Crippen LogP contribution < -0.4 is 14.9 Å². The van der Waals surface area contributed by atoms with Crippen LogP contribution in [-0.2, 0) is 0 Å². The van der Waals surface area contributed by atoms with E-state index in [1.54, 1.807) is 14.2 Å². The van der Waals surface area contributed by atoms with Crippen LogP contribution in [-0.4, -0.2) is 31.1 Å². The molecule has 2 aromatic carbocycles. The maximum atomic E-state index is 10.6. The lowest BCUT2D eigenvalue weighted by Gasteiger charge is -2.16. The molecule has 2 unspecified atom stereocenters. The van der Waals surface area contributed by atoms with E-state index in [1.165, 1.54) is 0 Å². The first-order chi connectivity index (χ1) is 10.7. The van der Waals surface area contributed by atoms with Gasteiger partial charge >= 0.3 is 0 Å². The molecule has 0 aromatic heterocycles. The van der Waals surface area contributed by atoms with Crippen LogP contribution in [0.4, 0.5) is 0 Å². The molecule has 0 saturated carbocycles. The Hall–Kier alpha value is -2.53. The zero-order valence-corrected chi connectivity index (χ0v) is 12.5. The normalized spacial score (nSPS) is 20.2. The summed E-state index contributed by atoms with van der Waals surface area (Å²) in [5.41, 5.74) is 5.46. The minimum Gasteiger partial charge on any atom is -0.497 e. The predicted octanol–water partition coefficient (Wildman–Crippen LogP) is 2.11. The van der Waals surface area contributed by atoms with Crippen LogP contribution in [0.3, 0.4) is 0 Å². The molecule has 0 saturated heterocycles. The van der Waals surface area contributed by atoms with Gasteiger partial charge in [-0.3, -0.25) is 5.43 Å². The number of hydrogen-bond donors (Lipinski definition) is 2. The smallest absolute Gasteiger partial charge is 0.124 e. The van der Waals surface area contributed by atoms with Crippen molar-refractivity contribution in [2.24, 2.45) is 5.10 Å². The second kappa shape index (κ2) is 6.07. The van der Waals surface area contributed by atoms with E-state index >= 15 is 0 Å². The molecule has 5 nitrogen and oxygen atoms in total. The summed E-state index contributed by atoms with van der Waals surface area (Å²) in [6, 6.07) is 14.8. The van der Waals surface area contributed by atoms with Crippen molar-refractivity contribution >= 4 is 5.71 Å². The Morgan fingerprint density at radius 2 is 1.45 bits per heavy atom. The van der Waals surface area contributed by atoms with Crippen molar-refractivity contribution in [2.45, 2.75) is 12.1 Å². The van der Waals surface area contributed by atoms with Crippen molar-refractivity contribution < 1.29 is 14.6 Å². The van der Waals surface area contributed by atoms with Crippen molar-refractivity contribution in [3.8, 4) is 11.5 Å². The molecule has 114 valence electrons. The van der Waals surface area contributed by atoms with Gasteiger partial charge in [0.1, 0.15) is 23.6 Å². The SMILES string of the molecule is COc1ccc(C2=NNC(c3ccc(OC)cc3)C2O)cc1. The molecule has 2 N–H and O–H groups in total. The van der Waals surface area contributed by atoms with Crippen LogP contribution in [0.2, 0.25) is 0 Å². The first kappa shape index (κ1) is 14.4. The number of nitrogens with zero attached hydrogens (tertiary/aromatic N) is 1. The number of hydrogen-bond acceptors (Lipinski definition) is 5. The minimum atomic E-state index is -0.707. The summed E-state index contributed by atoms with van der Waals surface area (Å²) in [6.45, 7) is 0. The second-order valence-corrected chi connectivity index (χ2v) is 5.05. The van der Waals surface area contributed by atoms with Gasteiger partial charge in [0.15, 0.2) is 0 Å². The number of ether oxygens (including phenoxy) is 2. The first-order valence-electron chi connectivity index (χ1n) is 7.02. The lowest BCUT2D eigenvalue weighted by Crippen LogP contribution is -2.27. The van der Waals surface area contributed by atoms with E-state index in [9.17, 15) is 5.11 Å². The maximum absolute atomic E-state index is 10.6. The lowest BCUT2D eigenvalue weighted by molar-refractivity contribution is 0.207. The number of benzene rings is 2. The number of methoxy groups -OCH3 is 2.